The molecular weight excluding hydrogens is 750 g/mol. The van der Waals surface area contributed by atoms with Crippen LogP contribution in [-0.2, 0) is 17.2 Å². The molecule has 11 rings (SSSR count). The second-order valence-electron chi connectivity index (χ2n) is 16.2. The first-order chi connectivity index (χ1) is 29.3. The van der Waals surface area contributed by atoms with Gasteiger partial charge in [-0.3, -0.25) is 0 Å². The predicted octanol–water partition coefficient (Wildman–Crippen LogP) is 14.2. The van der Waals surface area contributed by atoms with Crippen molar-refractivity contribution in [3.63, 3.8) is 0 Å². The van der Waals surface area contributed by atoms with Crippen LogP contribution in [-0.4, -0.2) is 9.97 Å². The molecule has 8 aromatic rings. The number of ether oxygens (including phenoxy) is 1. The molecule has 1 unspecified atom stereocenters. The van der Waals surface area contributed by atoms with E-state index in [1.807, 2.05) is 72.8 Å². The minimum atomic E-state index is -4.43. The highest BCUT2D eigenvalue weighted by Gasteiger charge is 2.49. The van der Waals surface area contributed by atoms with Crippen LogP contribution in [0.4, 0.5) is 13.2 Å². The van der Waals surface area contributed by atoms with Crippen LogP contribution < -0.4 is 4.74 Å². The van der Waals surface area contributed by atoms with Gasteiger partial charge in [0.15, 0.2) is 11.4 Å². The van der Waals surface area contributed by atoms with Gasteiger partial charge in [-0.05, 0) is 64.8 Å². The van der Waals surface area contributed by atoms with Crippen LogP contribution in [0.5, 0.6) is 5.75 Å². The number of alkyl halides is 3. The lowest BCUT2D eigenvalue weighted by Crippen LogP contribution is -2.35. The second-order valence-corrected chi connectivity index (χ2v) is 16.2. The lowest BCUT2D eigenvalue weighted by atomic mass is 9.66. The number of hydrogen-bond acceptors (Lipinski definition) is 3. The number of nitrogens with zero attached hydrogens (tertiary/aromatic N) is 2. The average Bonchev–Trinajstić information content (AvgIpc) is 3.58. The van der Waals surface area contributed by atoms with Gasteiger partial charge in [0.05, 0.1) is 17.0 Å². The van der Waals surface area contributed by atoms with Crippen LogP contribution in [0, 0.1) is 0 Å². The summed E-state index contributed by atoms with van der Waals surface area (Å²) in [7, 11) is 0. The van der Waals surface area contributed by atoms with Gasteiger partial charge in [-0.2, -0.15) is 13.2 Å². The van der Waals surface area contributed by atoms with Crippen LogP contribution in [0.15, 0.2) is 170 Å². The molecule has 1 atom stereocenters. The van der Waals surface area contributed by atoms with E-state index in [-0.39, 0.29) is 0 Å². The third kappa shape index (κ3) is 5.72. The van der Waals surface area contributed by atoms with Crippen molar-refractivity contribution in [2.45, 2.75) is 49.3 Å². The van der Waals surface area contributed by atoms with Gasteiger partial charge in [-0.15, -0.1) is 0 Å². The van der Waals surface area contributed by atoms with Crippen LogP contribution in [0.3, 0.4) is 0 Å². The van der Waals surface area contributed by atoms with Gasteiger partial charge in [0, 0.05) is 44.2 Å². The van der Waals surface area contributed by atoms with Gasteiger partial charge in [-0.1, -0.05) is 171 Å². The Balaban J connectivity index is 1.08. The molecule has 3 aliphatic rings. The van der Waals surface area contributed by atoms with Crippen molar-refractivity contribution in [1.29, 1.82) is 0 Å². The zero-order valence-electron chi connectivity index (χ0n) is 32.7. The van der Waals surface area contributed by atoms with Gasteiger partial charge in [0.2, 0.25) is 0 Å². The molecule has 0 N–H and O–H groups in total. The summed E-state index contributed by atoms with van der Waals surface area (Å²) in [6.45, 7) is 0. The summed E-state index contributed by atoms with van der Waals surface area (Å²) in [5.74, 6) is 1.37. The summed E-state index contributed by atoms with van der Waals surface area (Å²) in [5, 5.41) is 1.93. The Hall–Kier alpha value is -6.79. The SMILES string of the molecule is FC(F)(F)c1ccc2c(c1)C1(CCCCC1)c1c3c(c4ccccc4c1-2)OC(c1ccccc1)(c1ccc(-c2nc(-c4ccccc4)cc(-c4ccccc4)n2)cc1)C=C3. The smallest absolute Gasteiger partial charge is 0.416 e. The van der Waals surface area contributed by atoms with E-state index in [9.17, 15) is 13.2 Å². The molecule has 1 fully saturated rings. The zero-order chi connectivity index (χ0) is 40.5. The normalized spacial score (nSPS) is 17.5. The fraction of sp³-hybridized carbons (Fsp3) is 0.148. The second kappa shape index (κ2) is 13.9. The van der Waals surface area contributed by atoms with E-state index in [1.165, 1.54) is 12.1 Å². The molecule has 2 heterocycles. The Bertz CT molecular complexity index is 2900. The zero-order valence-corrected chi connectivity index (χ0v) is 32.7. The Labute approximate surface area is 346 Å². The minimum absolute atomic E-state index is 0.548. The Morgan fingerprint density at radius 3 is 1.77 bits per heavy atom. The lowest BCUT2D eigenvalue weighted by Gasteiger charge is -2.41. The van der Waals surface area contributed by atoms with E-state index in [0.717, 1.165) is 116 Å². The van der Waals surface area contributed by atoms with Crippen molar-refractivity contribution in [2.75, 3.05) is 0 Å². The van der Waals surface area contributed by atoms with Gasteiger partial charge in [0.25, 0.3) is 0 Å². The minimum Gasteiger partial charge on any atom is -0.472 e. The van der Waals surface area contributed by atoms with Gasteiger partial charge in [0.1, 0.15) is 5.75 Å². The van der Waals surface area contributed by atoms with E-state index >= 15 is 0 Å². The molecule has 1 saturated carbocycles. The standard InChI is InChI=1S/C54H39F3N2O/c55-54(56,57)40-27-28-43-45(33-40)52(30-13-4-14-31-52)49-44-29-32-53(38-19-9-3-10-20-38,60-50(44)42-22-12-11-21-41(42)48(43)49)39-25-23-37(24-26-39)51-58-46(35-15-5-1-6-16-35)34-47(59-51)36-17-7-2-8-18-36/h1-3,5-12,15-29,32-34H,4,13-14,30-31H2. The molecule has 1 aromatic heterocycles. The Kier molecular flexibility index (Phi) is 8.42. The monoisotopic (exact) mass is 788 g/mol. The van der Waals surface area contributed by atoms with E-state index in [4.69, 9.17) is 14.7 Å². The molecule has 0 saturated heterocycles. The van der Waals surface area contributed by atoms with Gasteiger partial charge < -0.3 is 4.74 Å². The summed E-state index contributed by atoms with van der Waals surface area (Å²) in [6, 6.07) is 53.6. The molecule has 0 radical (unpaired) electrons. The largest absolute Gasteiger partial charge is 0.472 e. The summed E-state index contributed by atoms with van der Waals surface area (Å²) in [5.41, 5.74) is 9.09. The third-order valence-electron chi connectivity index (χ3n) is 12.9. The van der Waals surface area contributed by atoms with Crippen LogP contribution in [0.25, 0.3) is 61.9 Å². The van der Waals surface area contributed by atoms with Gasteiger partial charge >= 0.3 is 6.18 Å². The number of halogens is 3. The van der Waals surface area contributed by atoms with E-state index in [2.05, 4.69) is 84.9 Å². The predicted molar refractivity (Wildman–Crippen MR) is 233 cm³/mol. The van der Waals surface area contributed by atoms with Crippen molar-refractivity contribution in [1.82, 2.24) is 9.97 Å². The molecule has 0 bridgehead atoms. The van der Waals surface area contributed by atoms with Gasteiger partial charge in [-0.25, -0.2) is 9.97 Å². The summed E-state index contributed by atoms with van der Waals surface area (Å²) >= 11 is 0. The van der Waals surface area contributed by atoms with Crippen molar-refractivity contribution in [2.24, 2.45) is 0 Å². The van der Waals surface area contributed by atoms with E-state index in [1.54, 1.807) is 6.07 Å². The number of benzene rings is 7. The lowest BCUT2D eigenvalue weighted by molar-refractivity contribution is -0.137. The molecule has 1 spiro atoms. The summed E-state index contributed by atoms with van der Waals surface area (Å²) < 4.78 is 50.5. The fourth-order valence-corrected chi connectivity index (χ4v) is 10.1. The quantitative estimate of drug-likeness (QED) is 0.174. The van der Waals surface area contributed by atoms with E-state index < -0.39 is 22.8 Å². The van der Waals surface area contributed by atoms with Crippen molar-refractivity contribution >= 4 is 16.8 Å². The van der Waals surface area contributed by atoms with Crippen molar-refractivity contribution in [3.8, 4) is 50.8 Å². The van der Waals surface area contributed by atoms with Crippen molar-refractivity contribution in [3.05, 3.63) is 203 Å². The maximum absolute atomic E-state index is 14.3. The molecule has 60 heavy (non-hydrogen) atoms. The highest BCUT2D eigenvalue weighted by molar-refractivity contribution is 6.08. The number of rotatable bonds is 5. The molecule has 3 nitrogen and oxygen atoms in total. The first-order valence-corrected chi connectivity index (χ1v) is 20.7. The number of fused-ring (bicyclic) bond motifs is 10. The number of hydrogen-bond donors (Lipinski definition) is 0. The molecule has 0 amide bonds. The first-order valence-electron chi connectivity index (χ1n) is 20.7. The third-order valence-corrected chi connectivity index (χ3v) is 12.9. The summed E-state index contributed by atoms with van der Waals surface area (Å²) in [4.78, 5) is 10.1. The van der Waals surface area contributed by atoms with Crippen LogP contribution >= 0.6 is 0 Å². The Morgan fingerprint density at radius 1 is 0.550 bits per heavy atom. The molecule has 6 heteroatoms. The van der Waals surface area contributed by atoms with E-state index in [0.29, 0.717) is 5.82 Å². The highest BCUT2D eigenvalue weighted by Crippen LogP contribution is 2.62. The topological polar surface area (TPSA) is 35.0 Å². The molecule has 292 valence electrons. The average molecular weight is 789 g/mol. The molecule has 2 aliphatic carbocycles. The highest BCUT2D eigenvalue weighted by atomic mass is 19.4. The van der Waals surface area contributed by atoms with Crippen LogP contribution in [0.2, 0.25) is 0 Å². The van der Waals surface area contributed by atoms with Crippen LogP contribution in [0.1, 0.15) is 65.5 Å². The molecule has 1 aliphatic heterocycles. The molecule has 7 aromatic carbocycles. The first kappa shape index (κ1) is 36.3. The summed E-state index contributed by atoms with van der Waals surface area (Å²) in [6.07, 6.45) is 4.45. The maximum atomic E-state index is 14.3. The fourth-order valence-electron chi connectivity index (χ4n) is 10.1. The van der Waals surface area contributed by atoms with Crippen molar-refractivity contribution < 1.29 is 17.9 Å². The maximum Gasteiger partial charge on any atom is 0.416 e. The molecular formula is C54H39F3N2O. The Morgan fingerprint density at radius 2 is 1.13 bits per heavy atom. The number of aromatic nitrogens is 2.